The van der Waals surface area contributed by atoms with E-state index in [4.69, 9.17) is 20.6 Å². The van der Waals surface area contributed by atoms with Gasteiger partial charge in [-0.2, -0.15) is 0 Å². The third kappa shape index (κ3) is 4.08. The van der Waals surface area contributed by atoms with Crippen LogP contribution in [0, 0.1) is 0 Å². The Bertz CT molecular complexity index is 478. The summed E-state index contributed by atoms with van der Waals surface area (Å²) >= 11 is 5.97. The maximum atomic E-state index is 13.3. The van der Waals surface area contributed by atoms with Gasteiger partial charge in [0.2, 0.25) is 0 Å². The smallest absolute Gasteiger partial charge is 0.308 e. The van der Waals surface area contributed by atoms with Crippen molar-refractivity contribution < 1.29 is 13.6 Å². The van der Waals surface area contributed by atoms with Crippen LogP contribution in [0.2, 0.25) is 5.02 Å². The van der Waals surface area contributed by atoms with Gasteiger partial charge >= 0.3 is 7.60 Å². The zero-order valence-corrected chi connectivity index (χ0v) is 14.3. The third-order valence-corrected chi connectivity index (χ3v) is 6.28. The van der Waals surface area contributed by atoms with Gasteiger partial charge in [0.15, 0.2) is 0 Å². The molecule has 0 bridgehead atoms. The molecule has 1 aliphatic rings. The quantitative estimate of drug-likeness (QED) is 0.679. The zero-order chi connectivity index (χ0) is 15.3. The fourth-order valence-corrected chi connectivity index (χ4v) is 5.12. The molecule has 0 radical (unpaired) electrons. The largest absolute Gasteiger partial charge is 0.352 e. The van der Waals surface area contributed by atoms with Crippen molar-refractivity contribution in [3.63, 3.8) is 0 Å². The first kappa shape index (κ1) is 17.0. The minimum Gasteiger partial charge on any atom is -0.308 e. The lowest BCUT2D eigenvalue weighted by molar-refractivity contribution is 0.176. The van der Waals surface area contributed by atoms with E-state index in [1.54, 1.807) is 0 Å². The summed E-state index contributed by atoms with van der Waals surface area (Å²) in [6.45, 7) is 6.25. The Morgan fingerprint density at radius 1 is 1.14 bits per heavy atom. The Kier molecular flexibility index (Phi) is 6.27. The molecule has 4 nitrogen and oxygen atoms in total. The fourth-order valence-electron chi connectivity index (χ4n) is 2.75. The van der Waals surface area contributed by atoms with Gasteiger partial charge in [0.1, 0.15) is 5.78 Å². The van der Waals surface area contributed by atoms with Crippen LogP contribution >= 0.6 is 19.2 Å². The highest BCUT2D eigenvalue weighted by Crippen LogP contribution is 2.62. The van der Waals surface area contributed by atoms with Crippen molar-refractivity contribution in [1.82, 2.24) is 4.90 Å². The summed E-state index contributed by atoms with van der Waals surface area (Å²) < 4.78 is 24.4. The molecule has 0 aromatic heterocycles. The summed E-state index contributed by atoms with van der Waals surface area (Å²) in [4.78, 5) is 2.20. The summed E-state index contributed by atoms with van der Waals surface area (Å²) in [7, 11) is -3.23. The minimum atomic E-state index is -3.23. The van der Waals surface area contributed by atoms with Gasteiger partial charge in [-0.25, -0.2) is 0 Å². The Balaban J connectivity index is 2.38. The molecule has 1 aromatic rings. The molecule has 2 rings (SSSR count). The second kappa shape index (κ2) is 7.75. The first-order chi connectivity index (χ1) is 10.1. The van der Waals surface area contributed by atoms with Gasteiger partial charge in [-0.1, -0.05) is 23.7 Å². The molecule has 1 saturated heterocycles. The van der Waals surface area contributed by atoms with E-state index in [9.17, 15) is 4.57 Å². The molecule has 1 fully saturated rings. The minimum absolute atomic E-state index is 0.350. The van der Waals surface area contributed by atoms with Gasteiger partial charge in [0.25, 0.3) is 0 Å². The molecule has 1 aliphatic heterocycles. The molecular formula is C15H23ClNO3P. The molecule has 1 aromatic carbocycles. The molecule has 1 heterocycles. The normalized spacial score (nSPS) is 18.0. The zero-order valence-electron chi connectivity index (χ0n) is 12.6. The second-order valence-electron chi connectivity index (χ2n) is 5.04. The Labute approximate surface area is 131 Å². The molecule has 0 N–H and O–H groups in total. The average molecular weight is 332 g/mol. The van der Waals surface area contributed by atoms with Crippen molar-refractivity contribution in [3.05, 3.63) is 34.9 Å². The van der Waals surface area contributed by atoms with Gasteiger partial charge in [0.05, 0.1) is 13.2 Å². The maximum absolute atomic E-state index is 13.3. The second-order valence-corrected chi connectivity index (χ2v) is 7.57. The molecule has 21 heavy (non-hydrogen) atoms. The number of rotatable bonds is 7. The van der Waals surface area contributed by atoms with E-state index < -0.39 is 7.60 Å². The molecule has 0 aliphatic carbocycles. The van der Waals surface area contributed by atoms with E-state index in [2.05, 4.69) is 4.90 Å². The number of hydrogen-bond acceptors (Lipinski definition) is 4. The van der Waals surface area contributed by atoms with E-state index >= 15 is 0 Å². The van der Waals surface area contributed by atoms with Crippen molar-refractivity contribution in [1.29, 1.82) is 0 Å². The number of nitrogens with zero attached hydrogens (tertiary/aromatic N) is 1. The van der Waals surface area contributed by atoms with Crippen molar-refractivity contribution in [2.45, 2.75) is 32.5 Å². The van der Waals surface area contributed by atoms with Crippen molar-refractivity contribution in [2.24, 2.45) is 0 Å². The molecule has 1 atom stereocenters. The van der Waals surface area contributed by atoms with Gasteiger partial charge < -0.3 is 9.05 Å². The third-order valence-electron chi connectivity index (χ3n) is 3.57. The topological polar surface area (TPSA) is 38.8 Å². The Morgan fingerprint density at radius 2 is 1.67 bits per heavy atom. The molecule has 1 unspecified atom stereocenters. The first-order valence-corrected chi connectivity index (χ1v) is 9.48. The molecule has 118 valence electrons. The van der Waals surface area contributed by atoms with Crippen molar-refractivity contribution in [2.75, 3.05) is 26.3 Å². The summed E-state index contributed by atoms with van der Waals surface area (Å²) in [6.07, 6.45) is 2.23. The first-order valence-electron chi connectivity index (χ1n) is 7.49. The van der Waals surface area contributed by atoms with Gasteiger partial charge in [-0.15, -0.1) is 0 Å². The lowest BCUT2D eigenvalue weighted by Gasteiger charge is -2.33. The van der Waals surface area contributed by atoms with E-state index in [0.717, 1.165) is 31.5 Å². The van der Waals surface area contributed by atoms with Crippen LogP contribution in [0.15, 0.2) is 24.3 Å². The fraction of sp³-hybridized carbons (Fsp3) is 0.600. The summed E-state index contributed by atoms with van der Waals surface area (Å²) in [5.41, 5.74) is 0.937. The highest BCUT2D eigenvalue weighted by molar-refractivity contribution is 7.54. The number of hydrogen-bond donors (Lipinski definition) is 0. The highest BCUT2D eigenvalue weighted by Gasteiger charge is 2.41. The van der Waals surface area contributed by atoms with Crippen LogP contribution in [0.3, 0.4) is 0 Å². The lowest BCUT2D eigenvalue weighted by atomic mass is 10.2. The van der Waals surface area contributed by atoms with Crippen LogP contribution in [-0.2, 0) is 13.6 Å². The highest BCUT2D eigenvalue weighted by atomic mass is 35.5. The van der Waals surface area contributed by atoms with E-state index in [-0.39, 0.29) is 5.78 Å². The maximum Gasteiger partial charge on any atom is 0.352 e. The standard InChI is InChI=1S/C15H23ClNO3P/c1-3-19-21(18,20-4-2)15(17-11-5-6-12-17)13-7-9-14(16)10-8-13/h7-10,15H,3-6,11-12H2,1-2H3. The van der Waals surface area contributed by atoms with Crippen LogP contribution in [0.25, 0.3) is 0 Å². The number of benzene rings is 1. The molecule has 6 heteroatoms. The summed E-state index contributed by atoms with van der Waals surface area (Å²) in [5, 5.41) is 0.668. The summed E-state index contributed by atoms with van der Waals surface area (Å²) in [6, 6.07) is 7.47. The SMILES string of the molecule is CCOP(=O)(OCC)C(c1ccc(Cl)cc1)N1CCCC1. The molecule has 0 spiro atoms. The van der Waals surface area contributed by atoms with E-state index in [1.165, 1.54) is 0 Å². The van der Waals surface area contributed by atoms with Crippen LogP contribution < -0.4 is 0 Å². The van der Waals surface area contributed by atoms with E-state index in [1.807, 2.05) is 38.1 Å². The summed E-state index contributed by atoms with van der Waals surface area (Å²) in [5.74, 6) is -0.350. The van der Waals surface area contributed by atoms with Crippen LogP contribution in [0.5, 0.6) is 0 Å². The van der Waals surface area contributed by atoms with Crippen molar-refractivity contribution in [3.8, 4) is 0 Å². The lowest BCUT2D eigenvalue weighted by Crippen LogP contribution is -2.27. The molecule has 0 amide bonds. The average Bonchev–Trinajstić information content (AvgIpc) is 2.95. The van der Waals surface area contributed by atoms with Crippen LogP contribution in [-0.4, -0.2) is 31.2 Å². The monoisotopic (exact) mass is 331 g/mol. The number of likely N-dealkylation sites (tertiary alicyclic amines) is 1. The van der Waals surface area contributed by atoms with Crippen LogP contribution in [0.4, 0.5) is 0 Å². The van der Waals surface area contributed by atoms with Gasteiger partial charge in [-0.3, -0.25) is 9.46 Å². The van der Waals surface area contributed by atoms with E-state index in [0.29, 0.717) is 18.2 Å². The van der Waals surface area contributed by atoms with Gasteiger partial charge in [-0.05, 0) is 57.5 Å². The molecule has 0 saturated carbocycles. The molecular weight excluding hydrogens is 309 g/mol. The Morgan fingerprint density at radius 3 is 2.14 bits per heavy atom. The number of halogens is 1. The van der Waals surface area contributed by atoms with Gasteiger partial charge in [0, 0.05) is 5.02 Å². The predicted molar refractivity (Wildman–Crippen MR) is 85.9 cm³/mol. The van der Waals surface area contributed by atoms with Crippen molar-refractivity contribution >= 4 is 19.2 Å². The Hall–Kier alpha value is -0.380. The predicted octanol–water partition coefficient (Wildman–Crippen LogP) is 4.70. The van der Waals surface area contributed by atoms with Crippen LogP contribution in [0.1, 0.15) is 38.0 Å².